The number of methoxy groups -OCH3 is 2. The molecule has 0 radical (unpaired) electrons. The third-order valence-electron chi connectivity index (χ3n) is 5.46. The zero-order valence-corrected chi connectivity index (χ0v) is 22.2. The van der Waals surface area contributed by atoms with Gasteiger partial charge in [-0.3, -0.25) is 9.69 Å². The number of amides is 1. The van der Waals surface area contributed by atoms with Crippen LogP contribution in [0.3, 0.4) is 0 Å². The summed E-state index contributed by atoms with van der Waals surface area (Å²) in [5.74, 6) is 0.845. The third-order valence-corrected chi connectivity index (χ3v) is 6.65. The molecule has 0 spiro atoms. The number of hydrogen-bond acceptors (Lipinski definition) is 5. The highest BCUT2D eigenvalue weighted by Crippen LogP contribution is 2.41. The van der Waals surface area contributed by atoms with Crippen LogP contribution < -0.4 is 14.4 Å². The van der Waals surface area contributed by atoms with Crippen LogP contribution in [-0.4, -0.2) is 25.3 Å². The third kappa shape index (κ3) is 5.39. The monoisotopic (exact) mass is 506 g/mol. The van der Waals surface area contributed by atoms with Gasteiger partial charge in [0, 0.05) is 16.7 Å². The molecule has 0 N–H and O–H groups in total. The van der Waals surface area contributed by atoms with Crippen molar-refractivity contribution in [3.8, 4) is 11.5 Å². The predicted molar refractivity (Wildman–Crippen MR) is 147 cm³/mol. The van der Waals surface area contributed by atoms with Crippen molar-refractivity contribution in [2.24, 2.45) is 4.99 Å². The van der Waals surface area contributed by atoms with Crippen molar-refractivity contribution in [2.75, 3.05) is 19.1 Å². The number of hydrogen-bond donors (Lipinski definition) is 0. The summed E-state index contributed by atoms with van der Waals surface area (Å²) in [5, 5.41) is 1.07. The summed E-state index contributed by atoms with van der Waals surface area (Å²) in [6.07, 6.45) is 1.78. The number of nitrogens with zero attached hydrogens (tertiary/aromatic N) is 2. The van der Waals surface area contributed by atoms with E-state index in [0.29, 0.717) is 32.2 Å². The molecule has 35 heavy (non-hydrogen) atoms. The number of halogens is 1. The number of ether oxygens (including phenoxy) is 2. The highest BCUT2D eigenvalue weighted by molar-refractivity contribution is 8.19. The zero-order chi connectivity index (χ0) is 25.3. The fraction of sp³-hybridized carbons (Fsp3) is 0.214. The van der Waals surface area contributed by atoms with Crippen molar-refractivity contribution in [3.63, 3.8) is 0 Å². The Morgan fingerprint density at radius 3 is 2.03 bits per heavy atom. The van der Waals surface area contributed by atoms with Crippen molar-refractivity contribution in [1.82, 2.24) is 0 Å². The Bertz CT molecular complexity index is 1340. The highest BCUT2D eigenvalue weighted by atomic mass is 35.5. The molecule has 7 heteroatoms. The van der Waals surface area contributed by atoms with Crippen molar-refractivity contribution >= 4 is 51.9 Å². The molecule has 0 bridgehead atoms. The van der Waals surface area contributed by atoms with Crippen LogP contribution in [0, 0.1) is 27.7 Å². The molecule has 0 aromatic heterocycles. The lowest BCUT2D eigenvalue weighted by Gasteiger charge is -2.17. The molecule has 0 aliphatic carbocycles. The van der Waals surface area contributed by atoms with Gasteiger partial charge in [-0.05, 0) is 98.1 Å². The van der Waals surface area contributed by atoms with E-state index < -0.39 is 0 Å². The van der Waals surface area contributed by atoms with E-state index in [2.05, 4.69) is 12.1 Å². The maximum atomic E-state index is 13.8. The van der Waals surface area contributed by atoms with E-state index >= 15 is 0 Å². The van der Waals surface area contributed by atoms with Crippen LogP contribution in [0.15, 0.2) is 58.4 Å². The summed E-state index contributed by atoms with van der Waals surface area (Å²) in [7, 11) is 3.11. The number of aryl methyl sites for hydroxylation is 4. The summed E-state index contributed by atoms with van der Waals surface area (Å²) in [5.41, 5.74) is 6.61. The Balaban J connectivity index is 1.87. The topological polar surface area (TPSA) is 51.1 Å². The summed E-state index contributed by atoms with van der Waals surface area (Å²) in [6.45, 7) is 8.11. The van der Waals surface area contributed by atoms with Gasteiger partial charge in [-0.15, -0.1) is 0 Å². The molecule has 0 saturated carbocycles. The normalized spacial score (nSPS) is 15.9. The van der Waals surface area contributed by atoms with Gasteiger partial charge in [0.25, 0.3) is 5.91 Å². The van der Waals surface area contributed by atoms with Gasteiger partial charge in [0.15, 0.2) is 16.7 Å². The number of carbonyl (C=O) groups is 1. The summed E-state index contributed by atoms with van der Waals surface area (Å²) >= 11 is 7.64. The Morgan fingerprint density at radius 2 is 1.46 bits per heavy atom. The van der Waals surface area contributed by atoms with Crippen LogP contribution in [0.5, 0.6) is 11.5 Å². The van der Waals surface area contributed by atoms with E-state index in [0.717, 1.165) is 33.6 Å². The van der Waals surface area contributed by atoms with Crippen molar-refractivity contribution in [2.45, 2.75) is 27.7 Å². The number of anilines is 1. The standard InChI is InChI=1S/C28H27ClN2O3S/c1-16-7-17(2)10-22(9-16)30-28-31(23-11-18(3)8-19(4)12-23)27(32)25(35-28)14-20-13-21(29)15-24(33-5)26(20)34-6/h7-15H,1-6H3. The summed E-state index contributed by atoms with van der Waals surface area (Å²) < 4.78 is 11.0. The number of benzene rings is 3. The van der Waals surface area contributed by atoms with E-state index in [1.165, 1.54) is 11.8 Å². The van der Waals surface area contributed by atoms with Gasteiger partial charge in [0.2, 0.25) is 0 Å². The van der Waals surface area contributed by atoms with Gasteiger partial charge < -0.3 is 9.47 Å². The molecule has 0 atom stereocenters. The molecule has 1 aliphatic heterocycles. The lowest BCUT2D eigenvalue weighted by Crippen LogP contribution is -2.28. The first kappa shape index (κ1) is 24.9. The van der Waals surface area contributed by atoms with Crippen LogP contribution in [0.1, 0.15) is 27.8 Å². The molecule has 3 aromatic carbocycles. The fourth-order valence-corrected chi connectivity index (χ4v) is 5.40. The quantitative estimate of drug-likeness (QED) is 0.338. The molecule has 1 amide bonds. The molecular formula is C28H27ClN2O3S. The smallest absolute Gasteiger partial charge is 0.271 e. The highest BCUT2D eigenvalue weighted by Gasteiger charge is 2.35. The summed E-state index contributed by atoms with van der Waals surface area (Å²) in [4.78, 5) is 20.8. The van der Waals surface area contributed by atoms with Gasteiger partial charge in [-0.1, -0.05) is 23.7 Å². The van der Waals surface area contributed by atoms with Gasteiger partial charge >= 0.3 is 0 Å². The average molecular weight is 507 g/mol. The van der Waals surface area contributed by atoms with Crippen LogP contribution in [-0.2, 0) is 4.79 Å². The number of amidine groups is 1. The number of aliphatic imine (C=N–C) groups is 1. The Labute approximate surface area is 215 Å². The maximum Gasteiger partial charge on any atom is 0.271 e. The largest absolute Gasteiger partial charge is 0.493 e. The first-order chi connectivity index (χ1) is 16.7. The number of rotatable bonds is 5. The zero-order valence-electron chi connectivity index (χ0n) is 20.6. The lowest BCUT2D eigenvalue weighted by atomic mass is 10.1. The number of thioether (sulfide) groups is 1. The van der Waals surface area contributed by atoms with Gasteiger partial charge in [0.1, 0.15) is 0 Å². The van der Waals surface area contributed by atoms with Gasteiger partial charge in [0.05, 0.1) is 30.5 Å². The van der Waals surface area contributed by atoms with Gasteiger partial charge in [-0.25, -0.2) is 4.99 Å². The van der Waals surface area contributed by atoms with Crippen LogP contribution in [0.2, 0.25) is 5.02 Å². The SMILES string of the molecule is COc1cc(Cl)cc(C=C2SC(=Nc3cc(C)cc(C)c3)N(c3cc(C)cc(C)c3)C2=O)c1OC. The second kappa shape index (κ2) is 10.2. The second-order valence-corrected chi connectivity index (χ2v) is 10.0. The van der Waals surface area contributed by atoms with Crippen LogP contribution in [0.4, 0.5) is 11.4 Å². The molecular weight excluding hydrogens is 480 g/mol. The average Bonchev–Trinajstić information content (AvgIpc) is 3.06. The van der Waals surface area contributed by atoms with Gasteiger partial charge in [-0.2, -0.15) is 0 Å². The van der Waals surface area contributed by atoms with E-state index in [1.807, 2.05) is 52.0 Å². The van der Waals surface area contributed by atoms with E-state index in [1.54, 1.807) is 37.3 Å². The molecule has 1 heterocycles. The first-order valence-corrected chi connectivity index (χ1v) is 12.3. The number of carbonyl (C=O) groups excluding carboxylic acids is 1. The second-order valence-electron chi connectivity index (χ2n) is 8.57. The molecule has 1 saturated heterocycles. The maximum absolute atomic E-state index is 13.8. The molecule has 1 aliphatic rings. The minimum Gasteiger partial charge on any atom is -0.493 e. The minimum absolute atomic E-state index is 0.163. The van der Waals surface area contributed by atoms with Crippen LogP contribution in [0.25, 0.3) is 6.08 Å². The van der Waals surface area contributed by atoms with E-state index in [-0.39, 0.29) is 5.91 Å². The first-order valence-electron chi connectivity index (χ1n) is 11.1. The molecule has 180 valence electrons. The molecule has 5 nitrogen and oxygen atoms in total. The molecule has 4 rings (SSSR count). The van der Waals surface area contributed by atoms with E-state index in [4.69, 9.17) is 26.1 Å². The fourth-order valence-electron chi connectivity index (χ4n) is 4.19. The predicted octanol–water partition coefficient (Wildman–Crippen LogP) is 7.40. The summed E-state index contributed by atoms with van der Waals surface area (Å²) in [6, 6.07) is 15.6. The Morgan fingerprint density at radius 1 is 0.857 bits per heavy atom. The Kier molecular flexibility index (Phi) is 7.24. The van der Waals surface area contributed by atoms with Crippen molar-refractivity contribution < 1.29 is 14.3 Å². The van der Waals surface area contributed by atoms with Crippen LogP contribution >= 0.6 is 23.4 Å². The molecule has 1 fully saturated rings. The van der Waals surface area contributed by atoms with Crippen molar-refractivity contribution in [3.05, 3.63) is 86.3 Å². The van der Waals surface area contributed by atoms with E-state index in [9.17, 15) is 4.79 Å². The molecule has 3 aromatic rings. The Hall–Kier alpha value is -3.22. The minimum atomic E-state index is -0.163. The van der Waals surface area contributed by atoms with Crippen molar-refractivity contribution in [1.29, 1.82) is 0 Å². The lowest BCUT2D eigenvalue weighted by molar-refractivity contribution is -0.113. The molecule has 0 unspecified atom stereocenters.